The molecule has 0 aromatic heterocycles. The standard InChI is InChI=1S/C21H25NO2.C10H21NOS/c1-21(2,3)12-13-22-20(23)24-14-19-17-10-6-4-8-15(17)16-9-5-7-11-18(16)19;1-10(2,3)6-4-5-9(12)8(11)7-13/h4-11,19H,12-14H2,1-3H3,(H,22,23);8,13H,4-7,11H2,1-3H3/t;8-/m.0/s1. The molecule has 1 aliphatic carbocycles. The molecule has 3 N–H and O–H groups in total. The summed E-state index contributed by atoms with van der Waals surface area (Å²) in [7, 11) is 0. The van der Waals surface area contributed by atoms with Gasteiger partial charge in [-0.05, 0) is 52.3 Å². The van der Waals surface area contributed by atoms with Crippen LogP contribution in [0.3, 0.4) is 0 Å². The highest BCUT2D eigenvalue weighted by molar-refractivity contribution is 7.80. The van der Waals surface area contributed by atoms with Gasteiger partial charge in [-0.3, -0.25) is 4.79 Å². The Bertz CT molecular complexity index is 978. The summed E-state index contributed by atoms with van der Waals surface area (Å²) in [5, 5.41) is 2.85. The second-order valence-corrected chi connectivity index (χ2v) is 12.6. The zero-order chi connectivity index (χ0) is 27.6. The Morgan fingerprint density at radius 2 is 1.43 bits per heavy atom. The number of nitrogens with two attached hydrogens (primary N) is 1. The largest absolute Gasteiger partial charge is 0.449 e. The molecule has 3 rings (SSSR count). The fourth-order valence-electron chi connectivity index (χ4n) is 4.27. The molecule has 0 radical (unpaired) electrons. The van der Waals surface area contributed by atoms with Crippen molar-refractivity contribution in [3.8, 4) is 11.1 Å². The van der Waals surface area contributed by atoms with Crippen LogP contribution in [-0.2, 0) is 9.53 Å². The lowest BCUT2D eigenvalue weighted by Gasteiger charge is -2.18. The van der Waals surface area contributed by atoms with Crippen LogP contribution >= 0.6 is 12.6 Å². The van der Waals surface area contributed by atoms with E-state index in [0.29, 0.717) is 30.7 Å². The molecule has 0 spiro atoms. The first-order valence-corrected chi connectivity index (χ1v) is 13.9. The maximum absolute atomic E-state index is 12.0. The van der Waals surface area contributed by atoms with Crippen LogP contribution in [0.25, 0.3) is 11.1 Å². The minimum Gasteiger partial charge on any atom is -0.449 e. The van der Waals surface area contributed by atoms with Gasteiger partial charge in [0.15, 0.2) is 0 Å². The molecule has 0 saturated heterocycles. The molecule has 204 valence electrons. The Morgan fingerprint density at radius 1 is 0.919 bits per heavy atom. The lowest BCUT2D eigenvalue weighted by atomic mass is 9.89. The second-order valence-electron chi connectivity index (χ2n) is 12.2. The summed E-state index contributed by atoms with van der Waals surface area (Å²) >= 11 is 3.99. The number of carbonyl (C=O) groups excluding carboxylic acids is 2. The van der Waals surface area contributed by atoms with Crippen LogP contribution in [0.2, 0.25) is 0 Å². The van der Waals surface area contributed by atoms with Crippen LogP contribution in [0.5, 0.6) is 0 Å². The average molecular weight is 527 g/mol. The van der Waals surface area contributed by atoms with Gasteiger partial charge in [0.05, 0.1) is 6.04 Å². The molecule has 0 bridgehead atoms. The van der Waals surface area contributed by atoms with E-state index < -0.39 is 0 Å². The predicted octanol–water partition coefficient (Wildman–Crippen LogP) is 6.99. The topological polar surface area (TPSA) is 81.4 Å². The number of amides is 1. The third-order valence-corrected chi connectivity index (χ3v) is 6.84. The van der Waals surface area contributed by atoms with Crippen LogP contribution in [0.15, 0.2) is 48.5 Å². The fraction of sp³-hybridized carbons (Fsp3) is 0.548. The summed E-state index contributed by atoms with van der Waals surface area (Å²) < 4.78 is 5.50. The molecule has 37 heavy (non-hydrogen) atoms. The molecule has 0 heterocycles. The van der Waals surface area contributed by atoms with Crippen molar-refractivity contribution in [2.45, 2.75) is 79.2 Å². The number of fused-ring (bicyclic) bond motifs is 3. The summed E-state index contributed by atoms with van der Waals surface area (Å²) in [6, 6.07) is 16.3. The summed E-state index contributed by atoms with van der Waals surface area (Å²) in [6.07, 6.45) is 3.19. The van der Waals surface area contributed by atoms with E-state index in [4.69, 9.17) is 10.5 Å². The number of thiol groups is 1. The maximum atomic E-state index is 12.0. The highest BCUT2D eigenvalue weighted by Gasteiger charge is 2.29. The Morgan fingerprint density at radius 3 is 1.92 bits per heavy atom. The van der Waals surface area contributed by atoms with Gasteiger partial charge in [0.2, 0.25) is 0 Å². The zero-order valence-electron chi connectivity index (χ0n) is 23.5. The van der Waals surface area contributed by atoms with Crippen LogP contribution in [0.1, 0.15) is 84.3 Å². The highest BCUT2D eigenvalue weighted by atomic mass is 32.1. The smallest absolute Gasteiger partial charge is 0.407 e. The van der Waals surface area contributed by atoms with E-state index in [0.717, 1.165) is 19.3 Å². The van der Waals surface area contributed by atoms with Crippen LogP contribution in [0.4, 0.5) is 4.79 Å². The van der Waals surface area contributed by atoms with Gasteiger partial charge in [-0.1, -0.05) is 90.1 Å². The van der Waals surface area contributed by atoms with Crippen LogP contribution in [0, 0.1) is 10.8 Å². The Labute approximate surface area is 229 Å². The molecular formula is C31H46N2O3S. The first kappa shape index (κ1) is 30.9. The predicted molar refractivity (Wildman–Crippen MR) is 157 cm³/mol. The Hall–Kier alpha value is -2.31. The normalized spacial score (nSPS) is 13.6. The van der Waals surface area contributed by atoms with Crippen molar-refractivity contribution in [3.63, 3.8) is 0 Å². The van der Waals surface area contributed by atoms with Crippen molar-refractivity contribution in [2.75, 3.05) is 18.9 Å². The minimum absolute atomic E-state index is 0.116. The molecule has 1 atom stereocenters. The second kappa shape index (κ2) is 14.0. The molecule has 2 aromatic rings. The summed E-state index contributed by atoms with van der Waals surface area (Å²) in [4.78, 5) is 23.3. The first-order valence-electron chi connectivity index (χ1n) is 13.3. The number of ether oxygens (including phenoxy) is 1. The van der Waals surface area contributed by atoms with Crippen LogP contribution in [-0.4, -0.2) is 36.8 Å². The highest BCUT2D eigenvalue weighted by Crippen LogP contribution is 2.44. The maximum Gasteiger partial charge on any atom is 0.407 e. The van der Waals surface area contributed by atoms with Gasteiger partial charge in [-0.25, -0.2) is 4.79 Å². The van der Waals surface area contributed by atoms with Gasteiger partial charge in [-0.2, -0.15) is 12.6 Å². The lowest BCUT2D eigenvalue weighted by Crippen LogP contribution is -2.32. The molecule has 1 aliphatic rings. The number of benzene rings is 2. The van der Waals surface area contributed by atoms with Crippen molar-refractivity contribution in [3.05, 3.63) is 59.7 Å². The molecule has 0 unspecified atom stereocenters. The number of hydrogen-bond acceptors (Lipinski definition) is 5. The lowest BCUT2D eigenvalue weighted by molar-refractivity contribution is -0.120. The number of nitrogens with one attached hydrogen (secondary N) is 1. The third kappa shape index (κ3) is 10.5. The van der Waals surface area contributed by atoms with Gasteiger partial charge in [-0.15, -0.1) is 0 Å². The fourth-order valence-corrected chi connectivity index (χ4v) is 4.47. The van der Waals surface area contributed by atoms with E-state index >= 15 is 0 Å². The SMILES string of the molecule is CC(C)(C)CCCC(=O)[C@@H](N)CS.CC(C)(C)CCNC(=O)OCC1c2ccccc2-c2ccccc21. The number of alkyl carbamates (subject to hydrolysis) is 1. The van der Waals surface area contributed by atoms with E-state index in [2.05, 4.69) is 95.9 Å². The number of hydrogen-bond donors (Lipinski definition) is 3. The molecular weight excluding hydrogens is 480 g/mol. The van der Waals surface area contributed by atoms with Crippen molar-refractivity contribution in [1.82, 2.24) is 5.32 Å². The quantitative estimate of drug-likeness (QED) is 0.308. The van der Waals surface area contributed by atoms with Crippen molar-refractivity contribution in [1.29, 1.82) is 0 Å². The average Bonchev–Trinajstić information content (AvgIpc) is 3.14. The van der Waals surface area contributed by atoms with Crippen molar-refractivity contribution < 1.29 is 14.3 Å². The summed E-state index contributed by atoms with van der Waals surface area (Å²) in [6.45, 7) is 14.0. The van der Waals surface area contributed by atoms with Gasteiger partial charge in [0.1, 0.15) is 12.4 Å². The molecule has 0 aliphatic heterocycles. The number of Topliss-reactive ketones (excluding diaryl/α,β-unsaturated/α-hetero) is 1. The van der Waals surface area contributed by atoms with Gasteiger partial charge < -0.3 is 15.8 Å². The van der Waals surface area contributed by atoms with Gasteiger partial charge >= 0.3 is 6.09 Å². The molecule has 2 aromatic carbocycles. The molecule has 5 nitrogen and oxygen atoms in total. The Balaban J connectivity index is 0.000000317. The van der Waals surface area contributed by atoms with E-state index in [1.807, 2.05) is 12.1 Å². The van der Waals surface area contributed by atoms with E-state index in [-0.39, 0.29) is 29.3 Å². The molecule has 1 amide bonds. The first-order chi connectivity index (χ1) is 17.3. The number of ketones is 1. The third-order valence-electron chi connectivity index (χ3n) is 6.45. The molecule has 6 heteroatoms. The monoisotopic (exact) mass is 526 g/mol. The van der Waals surface area contributed by atoms with Crippen LogP contribution < -0.4 is 11.1 Å². The van der Waals surface area contributed by atoms with Gasteiger partial charge in [0, 0.05) is 24.6 Å². The van der Waals surface area contributed by atoms with Crippen molar-refractivity contribution in [2.24, 2.45) is 16.6 Å². The van der Waals surface area contributed by atoms with E-state index in [1.54, 1.807) is 0 Å². The van der Waals surface area contributed by atoms with E-state index in [9.17, 15) is 9.59 Å². The number of carbonyl (C=O) groups is 2. The van der Waals surface area contributed by atoms with Gasteiger partial charge in [0.25, 0.3) is 0 Å². The minimum atomic E-state index is -0.372. The van der Waals surface area contributed by atoms with E-state index in [1.165, 1.54) is 22.3 Å². The zero-order valence-corrected chi connectivity index (χ0v) is 24.4. The molecule has 0 saturated carbocycles. The Kier molecular flexibility index (Phi) is 11.7. The van der Waals surface area contributed by atoms with Crippen molar-refractivity contribution >= 4 is 24.5 Å². The molecule has 0 fully saturated rings. The number of rotatable bonds is 9. The summed E-state index contributed by atoms with van der Waals surface area (Å²) in [5.74, 6) is 0.707. The summed E-state index contributed by atoms with van der Waals surface area (Å²) in [5.41, 5.74) is 11.0.